The summed E-state index contributed by atoms with van der Waals surface area (Å²) < 4.78 is 11.0. The summed E-state index contributed by atoms with van der Waals surface area (Å²) in [5, 5.41) is 10.4. The number of likely N-dealkylation sites (tertiary alicyclic amines) is 1. The van der Waals surface area contributed by atoms with Gasteiger partial charge in [0.05, 0.1) is 12.5 Å². The number of hydrogen-bond acceptors (Lipinski definition) is 8. The van der Waals surface area contributed by atoms with Gasteiger partial charge in [0.25, 0.3) is 0 Å². The molecule has 0 saturated carbocycles. The van der Waals surface area contributed by atoms with Gasteiger partial charge in [0.2, 0.25) is 12.7 Å². The molecule has 3 unspecified atom stereocenters. The highest BCUT2D eigenvalue weighted by atomic mass is 16.7. The van der Waals surface area contributed by atoms with E-state index in [4.69, 9.17) is 15.2 Å². The maximum atomic E-state index is 13.4. The van der Waals surface area contributed by atoms with E-state index in [1.807, 2.05) is 29.2 Å². The van der Waals surface area contributed by atoms with Gasteiger partial charge in [-0.1, -0.05) is 19.4 Å². The van der Waals surface area contributed by atoms with Crippen LogP contribution in [0, 0.1) is 5.92 Å². The quantitative estimate of drug-likeness (QED) is 0.416. The number of aromatic nitrogens is 2. The Hall–Kier alpha value is -3.24. The lowest BCUT2D eigenvalue weighted by Crippen LogP contribution is -2.45. The van der Waals surface area contributed by atoms with E-state index in [1.165, 1.54) is 6.33 Å². The van der Waals surface area contributed by atoms with Crippen LogP contribution in [0.4, 0.5) is 0 Å². The number of carboxylic acid groups (broad SMARTS) is 1. The molecule has 0 bridgehead atoms. The lowest BCUT2D eigenvalue weighted by atomic mass is 9.83. The molecule has 4 rings (SSSR count). The predicted octanol–water partition coefficient (Wildman–Crippen LogP) is 2.28. The zero-order valence-electron chi connectivity index (χ0n) is 21.4. The summed E-state index contributed by atoms with van der Waals surface area (Å²) in [4.78, 5) is 38.3. The standard InChI is InChI=1S/C27H37N5O5/c1-2-3-12-31(13-4-10-28)25(33)16-32-15-21(19-5-8-23-24(14-19)37-18-36-23)26(27(34)35)22(32)7-6-20-9-11-29-17-30-20/h5,8-9,11,14,17,21-22,26H,2-4,6-7,10,12-13,15-16,18,28H2,1H3,(H,34,35). The molecular formula is C27H37N5O5. The monoisotopic (exact) mass is 511 g/mol. The van der Waals surface area contributed by atoms with Gasteiger partial charge in [-0.2, -0.15) is 0 Å². The van der Waals surface area contributed by atoms with Crippen LogP contribution in [0.5, 0.6) is 11.5 Å². The average molecular weight is 512 g/mol. The van der Waals surface area contributed by atoms with Crippen molar-refractivity contribution in [3.8, 4) is 11.5 Å². The summed E-state index contributed by atoms with van der Waals surface area (Å²) in [5.74, 6) is -0.527. The number of aliphatic carboxylic acids is 1. The summed E-state index contributed by atoms with van der Waals surface area (Å²) in [6.45, 7) is 4.72. The van der Waals surface area contributed by atoms with Gasteiger partial charge in [0.1, 0.15) is 6.33 Å². The van der Waals surface area contributed by atoms with Crippen LogP contribution < -0.4 is 15.2 Å². The van der Waals surface area contributed by atoms with Crippen molar-refractivity contribution in [2.24, 2.45) is 11.7 Å². The van der Waals surface area contributed by atoms with Crippen molar-refractivity contribution < 1.29 is 24.2 Å². The average Bonchev–Trinajstić information content (AvgIpc) is 3.52. The molecule has 10 nitrogen and oxygen atoms in total. The van der Waals surface area contributed by atoms with Crippen molar-refractivity contribution >= 4 is 11.9 Å². The van der Waals surface area contributed by atoms with E-state index in [0.717, 1.165) is 30.5 Å². The van der Waals surface area contributed by atoms with Crippen LogP contribution in [0.3, 0.4) is 0 Å². The van der Waals surface area contributed by atoms with Crippen molar-refractivity contribution in [2.75, 3.05) is 39.5 Å². The molecule has 3 atom stereocenters. The molecule has 1 fully saturated rings. The second-order valence-corrected chi connectivity index (χ2v) is 9.70. The Bertz CT molecular complexity index is 1040. The highest BCUT2D eigenvalue weighted by Crippen LogP contribution is 2.43. The van der Waals surface area contributed by atoms with E-state index in [2.05, 4.69) is 21.8 Å². The van der Waals surface area contributed by atoms with E-state index in [1.54, 1.807) is 6.20 Å². The highest BCUT2D eigenvalue weighted by molar-refractivity contribution is 5.79. The first kappa shape index (κ1) is 26.8. The van der Waals surface area contributed by atoms with Gasteiger partial charge in [-0.25, -0.2) is 9.97 Å². The van der Waals surface area contributed by atoms with Gasteiger partial charge in [-0.05, 0) is 56.0 Å². The third-order valence-electron chi connectivity index (χ3n) is 7.30. The Morgan fingerprint density at radius 1 is 1.19 bits per heavy atom. The summed E-state index contributed by atoms with van der Waals surface area (Å²) in [5.41, 5.74) is 7.45. The third kappa shape index (κ3) is 6.56. The van der Waals surface area contributed by atoms with Gasteiger partial charge in [0, 0.05) is 43.5 Å². The summed E-state index contributed by atoms with van der Waals surface area (Å²) in [6.07, 6.45) is 7.01. The zero-order chi connectivity index (χ0) is 26.2. The summed E-state index contributed by atoms with van der Waals surface area (Å²) in [7, 11) is 0. The lowest BCUT2D eigenvalue weighted by molar-refractivity contribution is -0.143. The van der Waals surface area contributed by atoms with E-state index < -0.39 is 11.9 Å². The van der Waals surface area contributed by atoms with Crippen molar-refractivity contribution in [3.63, 3.8) is 0 Å². The van der Waals surface area contributed by atoms with E-state index >= 15 is 0 Å². The fraction of sp³-hybridized carbons (Fsp3) is 0.556. The normalized spacial score (nSPS) is 20.8. The maximum Gasteiger partial charge on any atom is 0.308 e. The number of fused-ring (bicyclic) bond motifs is 1. The smallest absolute Gasteiger partial charge is 0.308 e. The molecule has 10 heteroatoms. The van der Waals surface area contributed by atoms with Gasteiger partial charge in [-0.3, -0.25) is 14.5 Å². The number of unbranched alkanes of at least 4 members (excludes halogenated alkanes) is 1. The van der Waals surface area contributed by atoms with Crippen LogP contribution in [0.15, 0.2) is 36.8 Å². The number of carbonyl (C=O) groups excluding carboxylic acids is 1. The summed E-state index contributed by atoms with van der Waals surface area (Å²) in [6, 6.07) is 7.14. The van der Waals surface area contributed by atoms with Crippen LogP contribution >= 0.6 is 0 Å². The minimum Gasteiger partial charge on any atom is -0.481 e. The maximum absolute atomic E-state index is 13.4. The lowest BCUT2D eigenvalue weighted by Gasteiger charge is -2.29. The molecule has 1 aromatic heterocycles. The topological polar surface area (TPSA) is 131 Å². The predicted molar refractivity (Wildman–Crippen MR) is 137 cm³/mol. The molecule has 200 valence electrons. The van der Waals surface area contributed by atoms with Crippen molar-refractivity contribution in [1.82, 2.24) is 19.8 Å². The Morgan fingerprint density at radius 3 is 2.73 bits per heavy atom. The van der Waals surface area contributed by atoms with Crippen LogP contribution in [0.25, 0.3) is 0 Å². The Labute approximate surface area is 217 Å². The van der Waals surface area contributed by atoms with Gasteiger partial charge in [-0.15, -0.1) is 0 Å². The molecular weight excluding hydrogens is 474 g/mol. The number of hydrogen-bond donors (Lipinski definition) is 2. The zero-order valence-corrected chi connectivity index (χ0v) is 21.4. The molecule has 0 spiro atoms. The van der Waals surface area contributed by atoms with Crippen LogP contribution in [0.1, 0.15) is 49.8 Å². The number of nitrogens with two attached hydrogens (primary N) is 1. The van der Waals surface area contributed by atoms with Gasteiger partial charge in [0.15, 0.2) is 11.5 Å². The number of aryl methyl sites for hydroxylation is 1. The largest absolute Gasteiger partial charge is 0.481 e. The molecule has 1 saturated heterocycles. The first-order chi connectivity index (χ1) is 18.0. The number of rotatable bonds is 13. The van der Waals surface area contributed by atoms with Crippen LogP contribution in [-0.4, -0.2) is 82.3 Å². The van der Waals surface area contributed by atoms with Crippen molar-refractivity contribution in [2.45, 2.75) is 51.0 Å². The highest BCUT2D eigenvalue weighted by Gasteiger charge is 2.47. The molecule has 0 aliphatic carbocycles. The molecule has 3 heterocycles. The van der Waals surface area contributed by atoms with E-state index in [-0.39, 0.29) is 31.2 Å². The molecule has 1 amide bonds. The van der Waals surface area contributed by atoms with E-state index in [0.29, 0.717) is 50.5 Å². The van der Waals surface area contributed by atoms with Gasteiger partial charge >= 0.3 is 5.97 Å². The van der Waals surface area contributed by atoms with Crippen molar-refractivity contribution in [1.29, 1.82) is 0 Å². The Balaban J connectivity index is 1.59. The number of benzene rings is 1. The van der Waals surface area contributed by atoms with Crippen LogP contribution in [0.2, 0.25) is 0 Å². The second kappa shape index (κ2) is 12.8. The molecule has 1 aromatic carbocycles. The molecule has 2 aliphatic heterocycles. The Morgan fingerprint density at radius 2 is 2.00 bits per heavy atom. The molecule has 37 heavy (non-hydrogen) atoms. The van der Waals surface area contributed by atoms with E-state index in [9.17, 15) is 14.7 Å². The number of carboxylic acids is 1. The van der Waals surface area contributed by atoms with Crippen molar-refractivity contribution in [3.05, 3.63) is 48.0 Å². The first-order valence-corrected chi connectivity index (χ1v) is 13.1. The fourth-order valence-corrected chi connectivity index (χ4v) is 5.36. The molecule has 0 radical (unpaired) electrons. The second-order valence-electron chi connectivity index (χ2n) is 9.70. The number of amides is 1. The molecule has 2 aromatic rings. The SMILES string of the molecule is CCCCN(CCCN)C(=O)CN1CC(c2ccc3c(c2)OCO3)C(C(=O)O)C1CCc1ccncn1. The number of nitrogens with zero attached hydrogens (tertiary/aromatic N) is 4. The number of carbonyl (C=O) groups is 2. The first-order valence-electron chi connectivity index (χ1n) is 13.1. The van der Waals surface area contributed by atoms with Crippen LogP contribution in [-0.2, 0) is 16.0 Å². The minimum atomic E-state index is -0.865. The van der Waals surface area contributed by atoms with Gasteiger partial charge < -0.3 is 25.2 Å². The minimum absolute atomic E-state index is 0.0180. The number of ether oxygens (including phenoxy) is 2. The molecule has 2 aliphatic rings. The molecule has 3 N–H and O–H groups in total. The summed E-state index contributed by atoms with van der Waals surface area (Å²) >= 11 is 0. The Kier molecular flexibility index (Phi) is 9.29. The third-order valence-corrected chi connectivity index (χ3v) is 7.30. The fourth-order valence-electron chi connectivity index (χ4n) is 5.36.